The van der Waals surface area contributed by atoms with Crippen LogP contribution < -0.4 is 15.0 Å². The summed E-state index contributed by atoms with van der Waals surface area (Å²) in [5.41, 5.74) is 1.37. The Hall–Kier alpha value is -2.54. The predicted octanol–water partition coefficient (Wildman–Crippen LogP) is 4.35. The molecule has 29 heavy (non-hydrogen) atoms. The number of ether oxygens (including phenoxy) is 2. The van der Waals surface area contributed by atoms with Crippen LogP contribution in [0.2, 0.25) is 0 Å². The summed E-state index contributed by atoms with van der Waals surface area (Å²) in [5.74, 6) is 0.743. The first-order valence-electron chi connectivity index (χ1n) is 9.84. The van der Waals surface area contributed by atoms with Crippen LogP contribution in [0.4, 0.5) is 9.80 Å². The van der Waals surface area contributed by atoms with Gasteiger partial charge in [-0.15, -0.1) is 11.3 Å². The third kappa shape index (κ3) is 5.97. The molecule has 1 aromatic heterocycles. The fourth-order valence-corrected chi connectivity index (χ4v) is 3.75. The molecule has 6 nitrogen and oxygen atoms in total. The Bertz CT molecular complexity index is 812. The maximum atomic E-state index is 12.0. The van der Waals surface area contributed by atoms with Crippen LogP contribution in [0.25, 0.3) is 0 Å². The molecule has 1 saturated heterocycles. The number of hydrogen-bond donors (Lipinski definition) is 1. The van der Waals surface area contributed by atoms with Crippen molar-refractivity contribution < 1.29 is 19.1 Å². The van der Waals surface area contributed by atoms with Gasteiger partial charge < -0.3 is 14.8 Å². The van der Waals surface area contributed by atoms with E-state index in [0.29, 0.717) is 32.5 Å². The minimum absolute atomic E-state index is 0.0673. The average Bonchev–Trinajstić information content (AvgIpc) is 3.32. The number of carbonyl (C=O) groups excluding carboxylic acids is 2. The van der Waals surface area contributed by atoms with E-state index in [1.54, 1.807) is 4.90 Å². The van der Waals surface area contributed by atoms with Gasteiger partial charge in [-0.2, -0.15) is 0 Å². The second-order valence-corrected chi connectivity index (χ2v) is 9.02. The first-order chi connectivity index (χ1) is 13.8. The van der Waals surface area contributed by atoms with Crippen LogP contribution >= 0.6 is 11.3 Å². The monoisotopic (exact) mass is 416 g/mol. The van der Waals surface area contributed by atoms with Crippen LogP contribution in [0, 0.1) is 0 Å². The summed E-state index contributed by atoms with van der Waals surface area (Å²) in [7, 11) is 0. The van der Waals surface area contributed by atoms with Crippen molar-refractivity contribution in [2.24, 2.45) is 0 Å². The highest BCUT2D eigenvalue weighted by Crippen LogP contribution is 2.26. The smallest absolute Gasteiger partial charge is 0.415 e. The summed E-state index contributed by atoms with van der Waals surface area (Å²) in [6.07, 6.45) is 0.303. The van der Waals surface area contributed by atoms with Crippen LogP contribution in [0.15, 0.2) is 41.8 Å². The van der Waals surface area contributed by atoms with Gasteiger partial charge in [0.25, 0.3) is 0 Å². The van der Waals surface area contributed by atoms with Crippen molar-refractivity contribution in [1.29, 1.82) is 0 Å². The molecule has 1 N–H and O–H groups in total. The minimum Gasteiger partial charge on any atom is -0.494 e. The Balaban J connectivity index is 1.32. The van der Waals surface area contributed by atoms with Gasteiger partial charge in [-0.25, -0.2) is 4.79 Å². The molecule has 2 heterocycles. The van der Waals surface area contributed by atoms with Gasteiger partial charge in [0.1, 0.15) is 16.9 Å². The number of benzene rings is 1. The van der Waals surface area contributed by atoms with Crippen LogP contribution in [0.3, 0.4) is 0 Å². The molecule has 7 heteroatoms. The number of rotatable bonds is 8. The Labute approximate surface area is 175 Å². The van der Waals surface area contributed by atoms with Gasteiger partial charge in [-0.3, -0.25) is 9.69 Å². The summed E-state index contributed by atoms with van der Waals surface area (Å²) < 4.78 is 11.0. The molecule has 1 aliphatic heterocycles. The summed E-state index contributed by atoms with van der Waals surface area (Å²) in [6, 6.07) is 11.9. The van der Waals surface area contributed by atoms with Gasteiger partial charge in [0, 0.05) is 6.42 Å². The van der Waals surface area contributed by atoms with Gasteiger partial charge >= 0.3 is 6.09 Å². The normalized spacial score (nSPS) is 16.6. The van der Waals surface area contributed by atoms with E-state index in [2.05, 4.69) is 38.2 Å². The van der Waals surface area contributed by atoms with Crippen LogP contribution in [-0.2, 0) is 14.9 Å². The first kappa shape index (κ1) is 21.2. The largest absolute Gasteiger partial charge is 0.494 e. The Morgan fingerprint density at radius 2 is 2.03 bits per heavy atom. The lowest BCUT2D eigenvalue weighted by molar-refractivity contribution is -0.121. The number of nitrogens with zero attached hydrogens (tertiary/aromatic N) is 1. The second-order valence-electron chi connectivity index (χ2n) is 8.10. The fraction of sp³-hybridized carbons (Fsp3) is 0.455. The first-order valence-corrected chi connectivity index (χ1v) is 10.7. The number of nitrogens with one attached hydrogen (secondary N) is 1. The molecule has 3 rings (SSSR count). The van der Waals surface area contributed by atoms with Crippen molar-refractivity contribution in [3.8, 4) is 5.75 Å². The minimum atomic E-state index is -0.363. The van der Waals surface area contributed by atoms with Crippen LogP contribution in [0.1, 0.15) is 39.2 Å². The predicted molar refractivity (Wildman–Crippen MR) is 115 cm³/mol. The molecule has 1 fully saturated rings. The lowest BCUT2D eigenvalue weighted by atomic mass is 9.87. The zero-order chi connectivity index (χ0) is 20.9. The van der Waals surface area contributed by atoms with Gasteiger partial charge in [0.15, 0.2) is 0 Å². The standard InChI is InChI=1S/C22H28N2O4S/c1-22(2,3)16-8-10-17(11-9-16)27-12-4-6-19(25)23-14-18-15-24(21(26)28-18)20-7-5-13-29-20/h5,7-11,13,18H,4,6,12,14-15H2,1-3H3,(H,23,25). The molecule has 1 aliphatic rings. The number of anilines is 1. The zero-order valence-electron chi connectivity index (χ0n) is 17.1. The molecule has 0 saturated carbocycles. The maximum Gasteiger partial charge on any atom is 0.415 e. The van der Waals surface area contributed by atoms with Crippen molar-refractivity contribution in [3.05, 3.63) is 47.3 Å². The topological polar surface area (TPSA) is 67.9 Å². The van der Waals surface area contributed by atoms with Gasteiger partial charge in [0.05, 0.1) is 19.7 Å². The highest BCUT2D eigenvalue weighted by Gasteiger charge is 2.32. The fourth-order valence-electron chi connectivity index (χ4n) is 3.02. The maximum absolute atomic E-state index is 12.0. The van der Waals surface area contributed by atoms with E-state index >= 15 is 0 Å². The van der Waals surface area contributed by atoms with Gasteiger partial charge in [-0.05, 0) is 47.0 Å². The Kier molecular flexibility index (Phi) is 6.79. The van der Waals surface area contributed by atoms with Crippen molar-refractivity contribution in [1.82, 2.24) is 5.32 Å². The number of hydrogen-bond acceptors (Lipinski definition) is 5. The van der Waals surface area contributed by atoms with Crippen molar-refractivity contribution in [2.45, 2.75) is 45.1 Å². The van der Waals surface area contributed by atoms with Crippen molar-refractivity contribution in [2.75, 3.05) is 24.6 Å². The lowest BCUT2D eigenvalue weighted by Crippen LogP contribution is -2.34. The second kappa shape index (κ2) is 9.31. The Morgan fingerprint density at radius 1 is 1.28 bits per heavy atom. The molecular formula is C22H28N2O4S. The highest BCUT2D eigenvalue weighted by atomic mass is 32.1. The summed E-state index contributed by atoms with van der Waals surface area (Å²) in [5, 5.41) is 5.61. The Morgan fingerprint density at radius 3 is 2.69 bits per heavy atom. The van der Waals surface area contributed by atoms with Crippen LogP contribution in [0.5, 0.6) is 5.75 Å². The number of thiophene rings is 1. The van der Waals surface area contributed by atoms with Crippen LogP contribution in [-0.4, -0.2) is 37.8 Å². The van der Waals surface area contributed by atoms with Crippen molar-refractivity contribution in [3.63, 3.8) is 0 Å². The molecule has 0 aliphatic carbocycles. The van der Waals surface area contributed by atoms with Gasteiger partial charge in [0.2, 0.25) is 5.91 Å². The number of amides is 2. The molecule has 0 bridgehead atoms. The summed E-state index contributed by atoms with van der Waals surface area (Å²) >= 11 is 1.49. The van der Waals surface area contributed by atoms with E-state index in [4.69, 9.17) is 9.47 Å². The van der Waals surface area contributed by atoms with E-state index in [-0.39, 0.29) is 23.5 Å². The molecule has 156 valence electrons. The van der Waals surface area contributed by atoms with E-state index in [9.17, 15) is 9.59 Å². The highest BCUT2D eigenvalue weighted by molar-refractivity contribution is 7.14. The molecule has 1 unspecified atom stereocenters. The summed E-state index contributed by atoms with van der Waals surface area (Å²) in [4.78, 5) is 25.6. The molecular weight excluding hydrogens is 388 g/mol. The number of cyclic esters (lactones) is 1. The molecule has 1 atom stereocenters. The SMILES string of the molecule is CC(C)(C)c1ccc(OCCCC(=O)NCC2CN(c3cccs3)C(=O)O2)cc1. The molecule has 2 aromatic rings. The summed E-state index contributed by atoms with van der Waals surface area (Å²) in [6.45, 7) is 7.77. The quantitative estimate of drug-likeness (QED) is 0.650. The third-order valence-electron chi connectivity index (χ3n) is 4.71. The van der Waals surface area contributed by atoms with E-state index in [1.807, 2.05) is 29.6 Å². The number of carbonyl (C=O) groups is 2. The van der Waals surface area contributed by atoms with E-state index in [1.165, 1.54) is 16.9 Å². The molecule has 2 amide bonds. The lowest BCUT2D eigenvalue weighted by Gasteiger charge is -2.19. The zero-order valence-corrected chi connectivity index (χ0v) is 18.0. The van der Waals surface area contributed by atoms with E-state index in [0.717, 1.165) is 10.8 Å². The van der Waals surface area contributed by atoms with Gasteiger partial charge in [-0.1, -0.05) is 32.9 Å². The third-order valence-corrected chi connectivity index (χ3v) is 5.60. The molecule has 0 radical (unpaired) electrons. The molecule has 1 aromatic carbocycles. The average molecular weight is 417 g/mol. The van der Waals surface area contributed by atoms with E-state index < -0.39 is 0 Å². The molecule has 0 spiro atoms. The van der Waals surface area contributed by atoms with Crippen molar-refractivity contribution >= 4 is 28.3 Å².